The van der Waals surface area contributed by atoms with Crippen LogP contribution in [0, 0.1) is 6.92 Å². The number of aryl methyl sites for hydroxylation is 1. The van der Waals surface area contributed by atoms with Gasteiger partial charge in [-0.05, 0) is 49.1 Å². The quantitative estimate of drug-likeness (QED) is 0.540. The fraction of sp³-hybridized carbons (Fsp3) is 0.381. The van der Waals surface area contributed by atoms with Crippen molar-refractivity contribution in [3.05, 3.63) is 59.7 Å². The summed E-state index contributed by atoms with van der Waals surface area (Å²) in [6, 6.07) is 15.7. The molecule has 0 saturated heterocycles. The lowest BCUT2D eigenvalue weighted by Gasteiger charge is -2.19. The molecular weight excluding hydrogens is 336 g/mol. The van der Waals surface area contributed by atoms with Gasteiger partial charge in [-0.15, -0.1) is 10.2 Å². The normalized spacial score (nSPS) is 15.7. The van der Waals surface area contributed by atoms with E-state index >= 15 is 0 Å². The maximum atomic E-state index is 4.75. The number of nitrogens with one attached hydrogen (secondary N) is 2. The van der Waals surface area contributed by atoms with Crippen LogP contribution in [-0.4, -0.2) is 26.8 Å². The minimum absolute atomic E-state index is 0.154. The molecule has 1 heterocycles. The largest absolute Gasteiger partial charge is 0.354 e. The van der Waals surface area contributed by atoms with Crippen LogP contribution in [0.15, 0.2) is 47.5 Å². The first-order valence-electron chi connectivity index (χ1n) is 9.51. The number of hydrogen-bond acceptors (Lipinski definition) is 3. The molecule has 6 nitrogen and oxygen atoms in total. The lowest BCUT2D eigenvalue weighted by Crippen LogP contribution is -2.40. The second kappa shape index (κ2) is 7.39. The molecule has 3 aromatic rings. The third-order valence-corrected chi connectivity index (χ3v) is 5.11. The zero-order valence-electron chi connectivity index (χ0n) is 16.1. The van der Waals surface area contributed by atoms with Crippen molar-refractivity contribution in [2.45, 2.75) is 45.3 Å². The second-order valence-electron chi connectivity index (χ2n) is 7.28. The number of hydrogen-bond donors (Lipinski definition) is 2. The van der Waals surface area contributed by atoms with Gasteiger partial charge in [-0.1, -0.05) is 36.4 Å². The van der Waals surface area contributed by atoms with Gasteiger partial charge in [0.1, 0.15) is 12.4 Å². The van der Waals surface area contributed by atoms with E-state index in [1.807, 2.05) is 18.5 Å². The molecule has 1 aliphatic rings. The summed E-state index contributed by atoms with van der Waals surface area (Å²) in [7, 11) is 1.97. The highest BCUT2D eigenvalue weighted by Crippen LogP contribution is 2.21. The molecule has 4 rings (SSSR count). The summed E-state index contributed by atoms with van der Waals surface area (Å²) in [5.74, 6) is 2.59. The van der Waals surface area contributed by atoms with Gasteiger partial charge in [0.2, 0.25) is 0 Å². The summed E-state index contributed by atoms with van der Waals surface area (Å²) >= 11 is 0. The lowest BCUT2D eigenvalue weighted by atomic mass is 10.0. The van der Waals surface area contributed by atoms with Crippen LogP contribution in [-0.2, 0) is 13.6 Å². The minimum atomic E-state index is 0.154. The van der Waals surface area contributed by atoms with Crippen molar-refractivity contribution >= 4 is 16.7 Å². The molecule has 2 N–H and O–H groups in total. The Hall–Kier alpha value is -2.89. The van der Waals surface area contributed by atoms with E-state index in [0.717, 1.165) is 17.6 Å². The molecular formula is C21H26N6. The van der Waals surface area contributed by atoms with Crippen molar-refractivity contribution in [1.82, 2.24) is 25.4 Å². The number of benzene rings is 2. The van der Waals surface area contributed by atoms with Crippen molar-refractivity contribution in [3.8, 4) is 0 Å². The molecule has 1 fully saturated rings. The van der Waals surface area contributed by atoms with E-state index < -0.39 is 0 Å². The second-order valence-corrected chi connectivity index (χ2v) is 7.28. The zero-order valence-corrected chi connectivity index (χ0v) is 16.1. The van der Waals surface area contributed by atoms with E-state index in [0.29, 0.717) is 12.6 Å². The topological polar surface area (TPSA) is 67.1 Å². The predicted octanol–water partition coefficient (Wildman–Crippen LogP) is 3.24. The minimum Gasteiger partial charge on any atom is -0.354 e. The monoisotopic (exact) mass is 362 g/mol. The van der Waals surface area contributed by atoms with E-state index in [-0.39, 0.29) is 6.04 Å². The van der Waals surface area contributed by atoms with Gasteiger partial charge in [-0.25, -0.2) is 4.99 Å². The van der Waals surface area contributed by atoms with Crippen molar-refractivity contribution in [2.24, 2.45) is 12.0 Å². The molecule has 1 saturated carbocycles. The SMILES string of the molecule is Cc1nnc(CN=C(NC2CC2)NC(C)c2ccc3ccccc3c2)n1C. The van der Waals surface area contributed by atoms with Gasteiger partial charge in [0.05, 0.1) is 6.04 Å². The van der Waals surface area contributed by atoms with Gasteiger partial charge in [0.25, 0.3) is 0 Å². The molecule has 1 atom stereocenters. The predicted molar refractivity (Wildman–Crippen MR) is 109 cm³/mol. The van der Waals surface area contributed by atoms with Crippen molar-refractivity contribution in [3.63, 3.8) is 0 Å². The average molecular weight is 362 g/mol. The molecule has 140 valence electrons. The van der Waals surface area contributed by atoms with E-state index in [2.05, 4.69) is 70.2 Å². The fourth-order valence-corrected chi connectivity index (χ4v) is 3.06. The Kier molecular flexibility index (Phi) is 4.79. The highest BCUT2D eigenvalue weighted by atomic mass is 15.3. The van der Waals surface area contributed by atoms with E-state index in [1.54, 1.807) is 0 Å². The number of nitrogens with zero attached hydrogens (tertiary/aromatic N) is 4. The molecule has 1 aromatic heterocycles. The van der Waals surface area contributed by atoms with Crippen LogP contribution in [0.1, 0.15) is 43.0 Å². The van der Waals surface area contributed by atoms with Crippen LogP contribution >= 0.6 is 0 Å². The Morgan fingerprint density at radius 2 is 1.96 bits per heavy atom. The standard InChI is InChI=1S/C21H26N6/c1-14(17-9-8-16-6-4-5-7-18(16)12-17)23-21(24-19-10-11-19)22-13-20-26-25-15(2)27(20)3/h4-9,12,14,19H,10-11,13H2,1-3H3,(H2,22,23,24). The summed E-state index contributed by atoms with van der Waals surface area (Å²) in [6.07, 6.45) is 2.41. The Morgan fingerprint density at radius 3 is 2.67 bits per heavy atom. The van der Waals surface area contributed by atoms with E-state index in [1.165, 1.54) is 29.2 Å². The summed E-state index contributed by atoms with van der Waals surface area (Å²) in [4.78, 5) is 4.75. The first-order valence-corrected chi connectivity index (χ1v) is 9.51. The Bertz CT molecular complexity index is 970. The van der Waals surface area contributed by atoms with Crippen LogP contribution in [0.2, 0.25) is 0 Å². The van der Waals surface area contributed by atoms with Crippen LogP contribution < -0.4 is 10.6 Å². The van der Waals surface area contributed by atoms with Crippen LogP contribution in [0.3, 0.4) is 0 Å². The molecule has 0 spiro atoms. The van der Waals surface area contributed by atoms with Gasteiger partial charge in [-0.2, -0.15) is 0 Å². The fourth-order valence-electron chi connectivity index (χ4n) is 3.06. The third kappa shape index (κ3) is 4.10. The highest BCUT2D eigenvalue weighted by molar-refractivity contribution is 5.84. The molecule has 6 heteroatoms. The summed E-state index contributed by atoms with van der Waals surface area (Å²) in [5.41, 5.74) is 1.24. The molecule has 1 unspecified atom stereocenters. The maximum absolute atomic E-state index is 4.75. The molecule has 0 radical (unpaired) electrons. The van der Waals surface area contributed by atoms with Crippen molar-refractivity contribution < 1.29 is 0 Å². The van der Waals surface area contributed by atoms with Gasteiger partial charge in [0.15, 0.2) is 11.8 Å². The Morgan fingerprint density at radius 1 is 1.19 bits per heavy atom. The molecule has 1 aliphatic carbocycles. The summed E-state index contributed by atoms with van der Waals surface area (Å²) in [6.45, 7) is 4.62. The third-order valence-electron chi connectivity index (χ3n) is 5.11. The van der Waals surface area contributed by atoms with Crippen LogP contribution in [0.4, 0.5) is 0 Å². The van der Waals surface area contributed by atoms with Crippen LogP contribution in [0.25, 0.3) is 10.8 Å². The van der Waals surface area contributed by atoms with Gasteiger partial charge in [0, 0.05) is 13.1 Å². The van der Waals surface area contributed by atoms with Gasteiger partial charge >= 0.3 is 0 Å². The maximum Gasteiger partial charge on any atom is 0.192 e. The van der Waals surface area contributed by atoms with Crippen molar-refractivity contribution in [1.29, 1.82) is 0 Å². The molecule has 27 heavy (non-hydrogen) atoms. The molecule has 2 aromatic carbocycles. The van der Waals surface area contributed by atoms with Gasteiger partial charge < -0.3 is 15.2 Å². The Labute approximate surface area is 159 Å². The smallest absolute Gasteiger partial charge is 0.192 e. The molecule has 0 bridgehead atoms. The first-order chi connectivity index (χ1) is 13.1. The lowest BCUT2D eigenvalue weighted by molar-refractivity contribution is 0.676. The number of guanidine groups is 1. The Balaban J connectivity index is 1.51. The highest BCUT2D eigenvalue weighted by Gasteiger charge is 2.23. The summed E-state index contributed by atoms with van der Waals surface area (Å²) < 4.78 is 1.98. The van der Waals surface area contributed by atoms with E-state index in [9.17, 15) is 0 Å². The van der Waals surface area contributed by atoms with Crippen LogP contribution in [0.5, 0.6) is 0 Å². The number of aliphatic imine (C=N–C) groups is 1. The first kappa shape index (κ1) is 17.5. The number of rotatable bonds is 5. The number of aromatic nitrogens is 3. The van der Waals surface area contributed by atoms with Crippen molar-refractivity contribution in [2.75, 3.05) is 0 Å². The average Bonchev–Trinajstić information content (AvgIpc) is 3.44. The van der Waals surface area contributed by atoms with Gasteiger partial charge in [-0.3, -0.25) is 0 Å². The molecule has 0 aliphatic heterocycles. The number of fused-ring (bicyclic) bond motifs is 1. The zero-order chi connectivity index (χ0) is 18.8. The van der Waals surface area contributed by atoms with E-state index in [4.69, 9.17) is 4.99 Å². The summed E-state index contributed by atoms with van der Waals surface area (Å²) in [5, 5.41) is 17.9. The molecule has 0 amide bonds.